The van der Waals surface area contributed by atoms with Gasteiger partial charge in [-0.1, -0.05) is 42.5 Å². The van der Waals surface area contributed by atoms with Crippen LogP contribution in [0.15, 0.2) is 36.4 Å². The van der Waals surface area contributed by atoms with Crippen molar-refractivity contribution < 1.29 is 18.8 Å². The van der Waals surface area contributed by atoms with E-state index in [-0.39, 0.29) is 41.9 Å². The van der Waals surface area contributed by atoms with Crippen molar-refractivity contribution in [3.05, 3.63) is 52.8 Å². The van der Waals surface area contributed by atoms with Gasteiger partial charge in [-0.3, -0.25) is 19.3 Å². The summed E-state index contributed by atoms with van der Waals surface area (Å²) in [5, 5.41) is 12.0. The van der Waals surface area contributed by atoms with Gasteiger partial charge in [-0.25, -0.2) is 4.39 Å². The Labute approximate surface area is 188 Å². The van der Waals surface area contributed by atoms with Crippen molar-refractivity contribution in [1.29, 1.82) is 0 Å². The van der Waals surface area contributed by atoms with E-state index in [2.05, 4.69) is 15.5 Å². The number of likely N-dealkylation sites (tertiary alicyclic amines) is 1. The third-order valence-electron chi connectivity index (χ3n) is 6.61. The van der Waals surface area contributed by atoms with Gasteiger partial charge in [-0.2, -0.15) is 0 Å². The minimum atomic E-state index is -0.876. The number of aromatic nitrogens is 2. The fraction of sp³-hybridized carbons (Fsp3) is 0.435. The fourth-order valence-corrected chi connectivity index (χ4v) is 6.13. The predicted molar refractivity (Wildman–Crippen MR) is 116 cm³/mol. The second-order valence-electron chi connectivity index (χ2n) is 8.62. The van der Waals surface area contributed by atoms with Gasteiger partial charge in [0.25, 0.3) is 0 Å². The Morgan fingerprint density at radius 2 is 1.94 bits per heavy atom. The van der Waals surface area contributed by atoms with E-state index in [0.717, 1.165) is 24.3 Å². The maximum Gasteiger partial charge on any atom is 0.234 e. The van der Waals surface area contributed by atoms with E-state index in [1.54, 1.807) is 6.07 Å². The minimum Gasteiger partial charge on any atom is -0.300 e. The minimum absolute atomic E-state index is 0.0619. The lowest BCUT2D eigenvalue weighted by molar-refractivity contribution is -0.144. The normalized spacial score (nSPS) is 26.6. The molecule has 2 aromatic rings. The Balaban J connectivity index is 1.41. The molecule has 166 valence electrons. The van der Waals surface area contributed by atoms with Crippen LogP contribution in [0.25, 0.3) is 0 Å². The van der Waals surface area contributed by atoms with Gasteiger partial charge in [-0.15, -0.1) is 10.2 Å². The molecule has 3 aliphatic rings. The monoisotopic (exact) mass is 454 g/mol. The van der Waals surface area contributed by atoms with Gasteiger partial charge in [-0.05, 0) is 42.4 Å². The van der Waals surface area contributed by atoms with Gasteiger partial charge in [0.1, 0.15) is 10.8 Å². The Bertz CT molecular complexity index is 1090. The maximum absolute atomic E-state index is 14.0. The summed E-state index contributed by atoms with van der Waals surface area (Å²) in [5.74, 6) is -2.05. The van der Waals surface area contributed by atoms with Crippen LogP contribution >= 0.6 is 11.3 Å². The number of fused-ring (bicyclic) bond motifs is 5. The number of aryl methyl sites for hydroxylation is 1. The van der Waals surface area contributed by atoms with E-state index in [0.29, 0.717) is 10.7 Å². The topological polar surface area (TPSA) is 92.3 Å². The molecule has 1 aliphatic heterocycles. The smallest absolute Gasteiger partial charge is 0.234 e. The molecule has 5 unspecified atom stereocenters. The average Bonchev–Trinajstić information content (AvgIpc) is 3.53. The summed E-state index contributed by atoms with van der Waals surface area (Å²) in [6.07, 6.45) is 6.38. The molecule has 0 radical (unpaired) electrons. The van der Waals surface area contributed by atoms with Gasteiger partial charge in [0.05, 0.1) is 24.3 Å². The molecule has 2 aliphatic carbocycles. The van der Waals surface area contributed by atoms with E-state index in [9.17, 15) is 18.8 Å². The number of imide groups is 1. The standard InChI is InChI=1S/C23H23FN4O3S/c1-2-4-18-26-27-23(32-18)25-17(29)11-16(12-5-3-6-15(24)10-12)28-21(30)19-13-7-8-14(9-13)20(19)22(28)31/h3,5-8,10,13-14,16,19-20H,2,4,9,11H2,1H3,(H,25,27,29). The molecule has 0 spiro atoms. The highest BCUT2D eigenvalue weighted by molar-refractivity contribution is 7.15. The first-order valence-corrected chi connectivity index (χ1v) is 11.7. The lowest BCUT2D eigenvalue weighted by atomic mass is 9.85. The molecule has 7 nitrogen and oxygen atoms in total. The molecule has 3 amide bonds. The van der Waals surface area contributed by atoms with Crippen LogP contribution in [-0.4, -0.2) is 32.8 Å². The molecule has 5 rings (SSSR count). The number of carbonyl (C=O) groups is 3. The van der Waals surface area contributed by atoms with Crippen LogP contribution in [0.3, 0.4) is 0 Å². The summed E-state index contributed by atoms with van der Waals surface area (Å²) in [6, 6.07) is 4.87. The van der Waals surface area contributed by atoms with E-state index >= 15 is 0 Å². The number of nitrogens with zero attached hydrogens (tertiary/aromatic N) is 3. The summed E-state index contributed by atoms with van der Waals surface area (Å²) in [7, 11) is 0. The molecule has 2 bridgehead atoms. The van der Waals surface area contributed by atoms with Gasteiger partial charge in [0.15, 0.2) is 0 Å². The second kappa shape index (κ2) is 8.20. The molecule has 32 heavy (non-hydrogen) atoms. The quantitative estimate of drug-likeness (QED) is 0.511. The number of benzene rings is 1. The van der Waals surface area contributed by atoms with Crippen LogP contribution in [0.2, 0.25) is 0 Å². The number of rotatable bonds is 7. The Morgan fingerprint density at radius 1 is 1.22 bits per heavy atom. The van der Waals surface area contributed by atoms with E-state index in [4.69, 9.17) is 0 Å². The average molecular weight is 455 g/mol. The lowest BCUT2D eigenvalue weighted by Gasteiger charge is -2.28. The molecule has 1 aromatic carbocycles. The van der Waals surface area contributed by atoms with Crippen molar-refractivity contribution in [2.45, 2.75) is 38.6 Å². The van der Waals surface area contributed by atoms with E-state index < -0.39 is 17.8 Å². The third kappa shape index (κ3) is 3.54. The first-order valence-electron chi connectivity index (χ1n) is 10.9. The predicted octanol–water partition coefficient (Wildman–Crippen LogP) is 3.51. The van der Waals surface area contributed by atoms with Gasteiger partial charge < -0.3 is 5.32 Å². The van der Waals surface area contributed by atoms with Crippen LogP contribution in [0.5, 0.6) is 0 Å². The van der Waals surface area contributed by atoms with Gasteiger partial charge in [0, 0.05) is 6.42 Å². The highest BCUT2D eigenvalue weighted by atomic mass is 32.1. The highest BCUT2D eigenvalue weighted by Crippen LogP contribution is 2.54. The van der Waals surface area contributed by atoms with Gasteiger partial charge >= 0.3 is 0 Å². The number of anilines is 1. The summed E-state index contributed by atoms with van der Waals surface area (Å²) in [4.78, 5) is 40.7. The Kier molecular flexibility index (Phi) is 5.36. The Morgan fingerprint density at radius 3 is 2.59 bits per heavy atom. The largest absolute Gasteiger partial charge is 0.300 e. The number of carbonyl (C=O) groups excluding carboxylic acids is 3. The van der Waals surface area contributed by atoms with Crippen LogP contribution in [0.4, 0.5) is 9.52 Å². The van der Waals surface area contributed by atoms with E-state index in [1.807, 2.05) is 19.1 Å². The SMILES string of the molecule is CCCc1nnc(NC(=O)CC(c2cccc(F)c2)N2C(=O)C3C4C=CC(C4)C3C2=O)s1. The molecule has 1 saturated carbocycles. The third-order valence-corrected chi connectivity index (χ3v) is 7.50. The molecular weight excluding hydrogens is 431 g/mol. The molecule has 5 atom stereocenters. The fourth-order valence-electron chi connectivity index (χ4n) is 5.27. The first-order chi connectivity index (χ1) is 15.5. The van der Waals surface area contributed by atoms with Crippen molar-refractivity contribution in [3.63, 3.8) is 0 Å². The lowest BCUT2D eigenvalue weighted by Crippen LogP contribution is -2.38. The van der Waals surface area contributed by atoms with Crippen LogP contribution in [0, 0.1) is 29.5 Å². The van der Waals surface area contributed by atoms with Crippen LogP contribution in [-0.2, 0) is 20.8 Å². The first kappa shape index (κ1) is 20.9. The molecule has 2 heterocycles. The van der Waals surface area contributed by atoms with Crippen LogP contribution in [0.1, 0.15) is 42.8 Å². The molecule has 2 fully saturated rings. The maximum atomic E-state index is 14.0. The zero-order valence-corrected chi connectivity index (χ0v) is 18.3. The molecular formula is C23H23FN4O3S. The van der Waals surface area contributed by atoms with Crippen molar-refractivity contribution in [1.82, 2.24) is 15.1 Å². The second-order valence-corrected chi connectivity index (χ2v) is 9.68. The zero-order valence-electron chi connectivity index (χ0n) is 17.5. The number of allylic oxidation sites excluding steroid dienone is 2. The summed E-state index contributed by atoms with van der Waals surface area (Å²) < 4.78 is 14.0. The number of hydrogen-bond acceptors (Lipinski definition) is 6. The summed E-state index contributed by atoms with van der Waals surface area (Å²) in [5.41, 5.74) is 0.422. The zero-order chi connectivity index (χ0) is 22.4. The molecule has 9 heteroatoms. The van der Waals surface area contributed by atoms with Gasteiger partial charge in [0.2, 0.25) is 22.9 Å². The number of hydrogen-bond donors (Lipinski definition) is 1. The summed E-state index contributed by atoms with van der Waals surface area (Å²) in [6.45, 7) is 2.03. The van der Waals surface area contributed by atoms with Crippen LogP contribution < -0.4 is 5.32 Å². The van der Waals surface area contributed by atoms with Crippen molar-refractivity contribution in [2.75, 3.05) is 5.32 Å². The van der Waals surface area contributed by atoms with Crippen molar-refractivity contribution in [3.8, 4) is 0 Å². The molecule has 1 N–H and O–H groups in total. The number of nitrogens with one attached hydrogen (secondary N) is 1. The highest BCUT2D eigenvalue weighted by Gasteiger charge is 2.60. The summed E-state index contributed by atoms with van der Waals surface area (Å²) >= 11 is 1.30. The van der Waals surface area contributed by atoms with Crippen molar-refractivity contribution in [2.24, 2.45) is 23.7 Å². The number of amides is 3. The van der Waals surface area contributed by atoms with E-state index in [1.165, 1.54) is 34.4 Å². The number of halogens is 1. The van der Waals surface area contributed by atoms with Crippen molar-refractivity contribution >= 4 is 34.2 Å². The molecule has 1 saturated heterocycles. The molecule has 1 aromatic heterocycles. The Hall–Kier alpha value is -2.94.